The van der Waals surface area contributed by atoms with Crippen molar-refractivity contribution in [3.8, 4) is 11.4 Å². The Morgan fingerprint density at radius 2 is 1.43 bits per heavy atom. The predicted octanol–water partition coefficient (Wildman–Crippen LogP) is 3.27. The van der Waals surface area contributed by atoms with E-state index in [-0.39, 0.29) is 12.5 Å². The summed E-state index contributed by atoms with van der Waals surface area (Å²) in [6.45, 7) is 1.01. The second kappa shape index (κ2) is 9.47. The molecule has 4 aromatic rings. The number of tetrazole rings is 1. The first kappa shape index (κ1) is 19.3. The highest BCUT2D eigenvalue weighted by Gasteiger charge is 2.15. The van der Waals surface area contributed by atoms with Gasteiger partial charge in [0.05, 0.1) is 5.69 Å². The van der Waals surface area contributed by atoms with Crippen LogP contribution in [0.15, 0.2) is 91.3 Å². The Morgan fingerprint density at radius 3 is 1.97 bits per heavy atom. The summed E-state index contributed by atoms with van der Waals surface area (Å²) in [4.78, 5) is 14.8. The molecule has 1 amide bonds. The van der Waals surface area contributed by atoms with Gasteiger partial charge in [-0.3, -0.25) is 4.79 Å². The molecule has 0 bridgehead atoms. The molecule has 0 saturated heterocycles. The lowest BCUT2D eigenvalue weighted by Crippen LogP contribution is -2.34. The Bertz CT molecular complexity index is 1010. The Labute approximate surface area is 174 Å². The van der Waals surface area contributed by atoms with Gasteiger partial charge in [0.2, 0.25) is 0 Å². The molecule has 0 aliphatic rings. The third-order valence-electron chi connectivity index (χ3n) is 4.60. The zero-order valence-electron chi connectivity index (χ0n) is 16.3. The maximum atomic E-state index is 12.9. The van der Waals surface area contributed by atoms with E-state index >= 15 is 0 Å². The monoisotopic (exact) mass is 399 g/mol. The van der Waals surface area contributed by atoms with Crippen LogP contribution < -0.4 is 4.74 Å². The quantitative estimate of drug-likeness (QED) is 0.455. The molecule has 7 nitrogen and oxygen atoms in total. The van der Waals surface area contributed by atoms with Crippen molar-refractivity contribution in [2.45, 2.75) is 13.1 Å². The van der Waals surface area contributed by atoms with Crippen LogP contribution in [-0.4, -0.2) is 37.6 Å². The summed E-state index contributed by atoms with van der Waals surface area (Å²) in [6, 6.07) is 27.2. The average Bonchev–Trinajstić information content (AvgIpc) is 3.34. The lowest BCUT2D eigenvalue weighted by Gasteiger charge is -2.23. The molecule has 0 radical (unpaired) electrons. The van der Waals surface area contributed by atoms with Crippen molar-refractivity contribution in [3.63, 3.8) is 0 Å². The summed E-state index contributed by atoms with van der Waals surface area (Å²) in [7, 11) is 0. The van der Waals surface area contributed by atoms with Crippen LogP contribution in [0.2, 0.25) is 0 Å². The van der Waals surface area contributed by atoms with E-state index in [1.54, 1.807) is 21.7 Å². The van der Waals surface area contributed by atoms with Crippen LogP contribution >= 0.6 is 0 Å². The highest BCUT2D eigenvalue weighted by Crippen LogP contribution is 2.15. The molecule has 0 aliphatic heterocycles. The number of hydrogen-bond donors (Lipinski definition) is 0. The number of benzene rings is 3. The number of aromatic nitrogens is 4. The number of carbonyl (C=O) groups excluding carboxylic acids is 1. The molecule has 150 valence electrons. The maximum absolute atomic E-state index is 12.9. The summed E-state index contributed by atoms with van der Waals surface area (Å²) in [6.07, 6.45) is 1.52. The number of hydrogen-bond acceptors (Lipinski definition) is 5. The fourth-order valence-corrected chi connectivity index (χ4v) is 3.05. The summed E-state index contributed by atoms with van der Waals surface area (Å²) in [5.74, 6) is 0.534. The Kier molecular flexibility index (Phi) is 6.10. The van der Waals surface area contributed by atoms with Gasteiger partial charge in [-0.2, -0.15) is 0 Å². The molecular weight excluding hydrogens is 378 g/mol. The fraction of sp³-hybridized carbons (Fsp3) is 0.130. The van der Waals surface area contributed by atoms with Gasteiger partial charge in [-0.1, -0.05) is 60.7 Å². The minimum absolute atomic E-state index is 0.0378. The normalized spacial score (nSPS) is 10.5. The maximum Gasteiger partial charge on any atom is 0.261 e. The van der Waals surface area contributed by atoms with E-state index in [4.69, 9.17) is 4.74 Å². The van der Waals surface area contributed by atoms with E-state index < -0.39 is 0 Å². The lowest BCUT2D eigenvalue weighted by molar-refractivity contribution is -0.134. The van der Waals surface area contributed by atoms with Gasteiger partial charge in [-0.25, -0.2) is 4.68 Å². The average molecular weight is 399 g/mol. The number of carbonyl (C=O) groups is 1. The Morgan fingerprint density at radius 1 is 0.833 bits per heavy atom. The standard InChI is InChI=1S/C23H21N5O2/c29-23(17-30-22-13-11-21(12-14-22)28-18-24-25-26-28)27(15-19-7-3-1-4-8-19)16-20-9-5-2-6-10-20/h1-14,18H,15-17H2. The number of ether oxygens (including phenoxy) is 1. The Balaban J connectivity index is 1.41. The lowest BCUT2D eigenvalue weighted by atomic mass is 10.1. The van der Waals surface area contributed by atoms with E-state index in [2.05, 4.69) is 15.5 Å². The van der Waals surface area contributed by atoms with Gasteiger partial charge in [0.25, 0.3) is 5.91 Å². The largest absolute Gasteiger partial charge is 0.484 e. The van der Waals surface area contributed by atoms with Crippen LogP contribution in [0.25, 0.3) is 5.69 Å². The molecule has 0 fully saturated rings. The first-order valence-corrected chi connectivity index (χ1v) is 9.60. The van der Waals surface area contributed by atoms with Gasteiger partial charge in [0, 0.05) is 13.1 Å². The smallest absolute Gasteiger partial charge is 0.261 e. The third-order valence-corrected chi connectivity index (χ3v) is 4.60. The molecule has 0 aliphatic carbocycles. The number of amides is 1. The molecule has 0 saturated carbocycles. The predicted molar refractivity (Wildman–Crippen MR) is 112 cm³/mol. The first-order valence-electron chi connectivity index (χ1n) is 9.60. The Hall–Kier alpha value is -4.00. The van der Waals surface area contributed by atoms with Gasteiger partial charge in [0.15, 0.2) is 6.61 Å². The molecule has 0 spiro atoms. The second-order valence-electron chi connectivity index (χ2n) is 6.76. The fourth-order valence-electron chi connectivity index (χ4n) is 3.05. The zero-order valence-corrected chi connectivity index (χ0v) is 16.3. The van der Waals surface area contributed by atoms with Crippen molar-refractivity contribution in [3.05, 3.63) is 102 Å². The van der Waals surface area contributed by atoms with E-state index in [0.29, 0.717) is 18.8 Å². The van der Waals surface area contributed by atoms with Crippen molar-refractivity contribution >= 4 is 5.91 Å². The molecule has 7 heteroatoms. The first-order chi connectivity index (χ1) is 14.8. The van der Waals surface area contributed by atoms with Crippen LogP contribution in [-0.2, 0) is 17.9 Å². The van der Waals surface area contributed by atoms with Crippen LogP contribution in [0.5, 0.6) is 5.75 Å². The number of nitrogens with zero attached hydrogens (tertiary/aromatic N) is 5. The summed E-state index contributed by atoms with van der Waals surface area (Å²) in [5, 5.41) is 11.1. The molecule has 1 aromatic heterocycles. The van der Waals surface area contributed by atoms with Crippen LogP contribution in [0, 0.1) is 0 Å². The highest BCUT2D eigenvalue weighted by molar-refractivity contribution is 5.77. The SMILES string of the molecule is O=C(COc1ccc(-n2cnnn2)cc1)N(Cc1ccccc1)Cc1ccccc1. The van der Waals surface area contributed by atoms with E-state index in [1.807, 2.05) is 72.8 Å². The van der Waals surface area contributed by atoms with Gasteiger partial charge >= 0.3 is 0 Å². The van der Waals surface area contributed by atoms with Crippen molar-refractivity contribution < 1.29 is 9.53 Å². The van der Waals surface area contributed by atoms with Gasteiger partial charge in [-0.15, -0.1) is 5.10 Å². The topological polar surface area (TPSA) is 73.1 Å². The summed E-state index contributed by atoms with van der Waals surface area (Å²) >= 11 is 0. The molecule has 0 N–H and O–H groups in total. The van der Waals surface area contributed by atoms with Gasteiger partial charge in [0.1, 0.15) is 12.1 Å². The molecule has 0 unspecified atom stereocenters. The van der Waals surface area contributed by atoms with Crippen LogP contribution in [0.1, 0.15) is 11.1 Å². The molecule has 1 heterocycles. The highest BCUT2D eigenvalue weighted by atomic mass is 16.5. The summed E-state index contributed by atoms with van der Waals surface area (Å²) in [5.41, 5.74) is 2.97. The molecule has 4 rings (SSSR count). The number of rotatable bonds is 8. The third kappa shape index (κ3) is 5.08. The van der Waals surface area contributed by atoms with E-state index in [9.17, 15) is 4.79 Å². The van der Waals surface area contributed by atoms with E-state index in [0.717, 1.165) is 16.8 Å². The van der Waals surface area contributed by atoms with Crippen molar-refractivity contribution in [2.24, 2.45) is 0 Å². The molecule has 3 aromatic carbocycles. The minimum atomic E-state index is -0.0766. The van der Waals surface area contributed by atoms with Gasteiger partial charge < -0.3 is 9.64 Å². The minimum Gasteiger partial charge on any atom is -0.484 e. The molecule has 30 heavy (non-hydrogen) atoms. The van der Waals surface area contributed by atoms with Gasteiger partial charge in [-0.05, 0) is 45.8 Å². The molecular formula is C23H21N5O2. The summed E-state index contributed by atoms with van der Waals surface area (Å²) < 4.78 is 7.30. The zero-order chi connectivity index (χ0) is 20.6. The van der Waals surface area contributed by atoms with Crippen LogP contribution in [0.4, 0.5) is 0 Å². The molecule has 0 atom stereocenters. The van der Waals surface area contributed by atoms with Crippen molar-refractivity contribution in [1.82, 2.24) is 25.1 Å². The van der Waals surface area contributed by atoms with E-state index in [1.165, 1.54) is 6.33 Å². The second-order valence-corrected chi connectivity index (χ2v) is 6.76. The van der Waals surface area contributed by atoms with Crippen LogP contribution in [0.3, 0.4) is 0 Å². The van der Waals surface area contributed by atoms with Crippen molar-refractivity contribution in [1.29, 1.82) is 0 Å². The van der Waals surface area contributed by atoms with Crippen molar-refractivity contribution in [2.75, 3.05) is 6.61 Å².